The van der Waals surface area contributed by atoms with E-state index in [0.717, 1.165) is 40.4 Å². The van der Waals surface area contributed by atoms with Gasteiger partial charge >= 0.3 is 0 Å². The first-order valence-electron chi connectivity index (χ1n) is 19.7. The summed E-state index contributed by atoms with van der Waals surface area (Å²) in [6, 6.07) is 54.7. The summed E-state index contributed by atoms with van der Waals surface area (Å²) in [6.45, 7) is 5.62. The van der Waals surface area contributed by atoms with E-state index in [2.05, 4.69) is 116 Å². The monoisotopic (exact) mass is 751 g/mol. The van der Waals surface area contributed by atoms with E-state index in [9.17, 15) is 0 Å². The number of hydrazone groups is 2. The zero-order valence-electron chi connectivity index (χ0n) is 32.2. The van der Waals surface area contributed by atoms with Gasteiger partial charge in [-0.25, -0.2) is 10.0 Å². The average Bonchev–Trinajstić information content (AvgIpc) is 3.26. The van der Waals surface area contributed by atoms with Gasteiger partial charge in [0.15, 0.2) is 0 Å². The Bertz CT molecular complexity index is 2020. The topological polar surface area (TPSA) is 34.4 Å². The Labute approximate surface area is 337 Å². The van der Waals surface area contributed by atoms with Crippen LogP contribution in [0.3, 0.4) is 0 Å². The van der Waals surface area contributed by atoms with Gasteiger partial charge in [-0.15, -0.1) is 0 Å². The van der Waals surface area contributed by atoms with E-state index in [-0.39, 0.29) is 0 Å². The van der Waals surface area contributed by atoms with Crippen molar-refractivity contribution in [1.82, 2.24) is 0 Å². The van der Waals surface area contributed by atoms with E-state index in [1.54, 1.807) is 0 Å². The number of allylic oxidation sites excluding steroid dienone is 2. The van der Waals surface area contributed by atoms with E-state index >= 15 is 0 Å². The van der Waals surface area contributed by atoms with Gasteiger partial charge in [0.2, 0.25) is 0 Å². The minimum Gasteiger partial charge on any atom is -0.339 e. The maximum absolute atomic E-state index is 4.85. The van der Waals surface area contributed by atoms with Crippen molar-refractivity contribution in [2.75, 3.05) is 21.5 Å². The highest BCUT2D eigenvalue weighted by Crippen LogP contribution is 2.49. The normalized spacial score (nSPS) is 13.1. The predicted octanol–water partition coefficient (Wildman–Crippen LogP) is 14.2. The number of hydrogen-bond donors (Lipinski definition) is 0. The van der Waals surface area contributed by atoms with E-state index in [0.29, 0.717) is 5.92 Å². The van der Waals surface area contributed by atoms with Gasteiger partial charge < -0.3 is 4.90 Å². The van der Waals surface area contributed by atoms with Crippen molar-refractivity contribution >= 4 is 70.5 Å². The molecule has 1 heterocycles. The molecule has 1 aliphatic heterocycles. The van der Waals surface area contributed by atoms with Gasteiger partial charge in [-0.3, -0.25) is 0 Å². The number of para-hydroxylation sites is 4. The largest absolute Gasteiger partial charge is 0.339 e. The lowest BCUT2D eigenvalue weighted by atomic mass is 9.97. The van der Waals surface area contributed by atoms with Crippen LogP contribution in [0.1, 0.15) is 50.7 Å². The summed E-state index contributed by atoms with van der Waals surface area (Å²) >= 11 is 1.85. The fourth-order valence-corrected chi connectivity index (χ4v) is 8.05. The fourth-order valence-electron chi connectivity index (χ4n) is 6.86. The molecule has 0 spiro atoms. The molecule has 0 fully saturated rings. The van der Waals surface area contributed by atoms with Crippen LogP contribution in [0, 0.1) is 5.92 Å². The van der Waals surface area contributed by atoms with Crippen LogP contribution >= 0.6 is 11.8 Å². The van der Waals surface area contributed by atoms with Gasteiger partial charge in [-0.2, -0.15) is 10.2 Å². The second-order valence-corrected chi connectivity index (χ2v) is 14.9. The molecule has 56 heavy (non-hydrogen) atoms. The molecule has 1 unspecified atom stereocenters. The van der Waals surface area contributed by atoms with Crippen molar-refractivity contribution in [3.63, 3.8) is 0 Å². The highest BCUT2D eigenvalue weighted by molar-refractivity contribution is 7.99. The van der Waals surface area contributed by atoms with Crippen LogP contribution in [-0.2, 0) is 0 Å². The Morgan fingerprint density at radius 3 is 1.34 bits per heavy atom. The Morgan fingerprint density at radius 2 is 0.964 bits per heavy atom. The van der Waals surface area contributed by atoms with Gasteiger partial charge in [0, 0.05) is 28.8 Å². The summed E-state index contributed by atoms with van der Waals surface area (Å²) in [7, 11) is 0. The van der Waals surface area contributed by atoms with E-state index in [1.807, 2.05) is 119 Å². The van der Waals surface area contributed by atoms with Gasteiger partial charge in [-0.1, -0.05) is 142 Å². The van der Waals surface area contributed by atoms with Crippen LogP contribution < -0.4 is 14.9 Å². The molecule has 0 aromatic heterocycles. The molecule has 0 bridgehead atoms. The summed E-state index contributed by atoms with van der Waals surface area (Å²) in [5.41, 5.74) is 8.89. The highest BCUT2D eigenvalue weighted by Gasteiger charge is 2.26. The molecule has 7 rings (SSSR count). The molecule has 6 heteroatoms. The van der Waals surface area contributed by atoms with Crippen molar-refractivity contribution in [1.29, 1.82) is 0 Å². The van der Waals surface area contributed by atoms with Gasteiger partial charge in [0.25, 0.3) is 0 Å². The Kier molecular flexibility index (Phi) is 13.3. The molecule has 0 N–H and O–H groups in total. The van der Waals surface area contributed by atoms with Crippen molar-refractivity contribution in [2.24, 2.45) is 16.1 Å². The third-order valence-electron chi connectivity index (χ3n) is 9.87. The van der Waals surface area contributed by atoms with Crippen LogP contribution in [0.25, 0.3) is 12.2 Å². The van der Waals surface area contributed by atoms with Crippen molar-refractivity contribution in [2.45, 2.75) is 49.3 Å². The van der Waals surface area contributed by atoms with Crippen LogP contribution in [0.5, 0.6) is 0 Å². The summed E-state index contributed by atoms with van der Waals surface area (Å²) in [5, 5.41) is 13.6. The minimum atomic E-state index is 0.625. The quantitative estimate of drug-likeness (QED) is 0.0728. The second kappa shape index (κ2) is 19.5. The molecule has 0 radical (unpaired) electrons. The van der Waals surface area contributed by atoms with Crippen molar-refractivity contribution in [3.05, 3.63) is 181 Å². The highest BCUT2D eigenvalue weighted by atomic mass is 32.2. The van der Waals surface area contributed by atoms with Crippen LogP contribution in [0.2, 0.25) is 0 Å². The van der Waals surface area contributed by atoms with Crippen molar-refractivity contribution < 1.29 is 0 Å². The molecule has 6 aromatic carbocycles. The molecule has 0 saturated carbocycles. The number of rotatable bonds is 16. The fraction of sp³-hybridized carbons (Fsp3) is 0.160. The lowest BCUT2D eigenvalue weighted by Gasteiger charge is -2.35. The predicted molar refractivity (Wildman–Crippen MR) is 242 cm³/mol. The summed E-state index contributed by atoms with van der Waals surface area (Å²) in [5.74, 6) is 0.625. The molecule has 0 saturated heterocycles. The molecule has 0 amide bonds. The molecule has 280 valence electrons. The molecular weight excluding hydrogens is 703 g/mol. The lowest BCUT2D eigenvalue weighted by molar-refractivity contribution is 0.457. The van der Waals surface area contributed by atoms with E-state index in [4.69, 9.17) is 10.2 Å². The standard InChI is InChI=1S/C50H49N5S/c1-3-5-20-40(4-2)39-53-47-33-31-41(21-18-35-51-54(43-23-10-6-11-24-43)44-25-12-7-13-26-44)37-49(47)56-50-38-42(32-34-48(50)53)22-19-36-52-55(45-27-14-8-15-28-45)46-29-16-9-17-30-46/h6-19,21-38,40H,3-5,20,39H2,1-2H3/b21-18+,22-19+,51-35+,52-36+. The van der Waals surface area contributed by atoms with E-state index in [1.165, 1.54) is 46.8 Å². The zero-order valence-corrected chi connectivity index (χ0v) is 33.0. The Morgan fingerprint density at radius 1 is 0.554 bits per heavy atom. The smallest absolute Gasteiger partial charge is 0.0652 e. The summed E-state index contributed by atoms with van der Waals surface area (Å²) < 4.78 is 0. The first-order chi connectivity index (χ1) is 27.7. The number of fused-ring (bicyclic) bond motifs is 2. The molecule has 5 nitrogen and oxygen atoms in total. The maximum Gasteiger partial charge on any atom is 0.0652 e. The first kappa shape index (κ1) is 38.2. The molecule has 0 aliphatic carbocycles. The third-order valence-corrected chi connectivity index (χ3v) is 11.0. The second-order valence-electron chi connectivity index (χ2n) is 13.8. The zero-order chi connectivity index (χ0) is 38.4. The summed E-state index contributed by atoms with van der Waals surface area (Å²) in [4.78, 5) is 5.09. The van der Waals surface area contributed by atoms with E-state index < -0.39 is 0 Å². The third kappa shape index (κ3) is 9.76. The number of anilines is 6. The molecule has 1 atom stereocenters. The van der Waals surface area contributed by atoms with Crippen LogP contribution in [0.4, 0.5) is 34.1 Å². The van der Waals surface area contributed by atoms with Crippen molar-refractivity contribution in [3.8, 4) is 0 Å². The summed E-state index contributed by atoms with van der Waals surface area (Å²) in [6.07, 6.45) is 17.0. The molecule has 1 aliphatic rings. The Hall–Kier alpha value is -6.11. The number of nitrogens with zero attached hydrogens (tertiary/aromatic N) is 5. The number of benzene rings is 6. The van der Waals surface area contributed by atoms with Crippen LogP contribution in [-0.4, -0.2) is 19.0 Å². The van der Waals surface area contributed by atoms with Gasteiger partial charge in [-0.05, 0) is 108 Å². The van der Waals surface area contributed by atoms with Crippen LogP contribution in [0.15, 0.2) is 190 Å². The number of unbranched alkanes of at least 4 members (excludes halogenated alkanes) is 1. The minimum absolute atomic E-state index is 0.625. The first-order valence-corrected chi connectivity index (χ1v) is 20.5. The molecule has 6 aromatic rings. The SMILES string of the molecule is CCCCC(CC)CN1c2ccc(/C=C/C=N/N(c3ccccc3)c3ccccc3)cc2Sc2cc(/C=C/C=N/N(c3ccccc3)c3ccccc3)ccc21. The Balaban J connectivity index is 1.13. The van der Waals surface area contributed by atoms with Gasteiger partial charge in [0.1, 0.15) is 0 Å². The average molecular weight is 752 g/mol. The molecular formula is C50H49N5S. The maximum atomic E-state index is 4.85. The lowest BCUT2D eigenvalue weighted by Crippen LogP contribution is -2.27. The number of hydrogen-bond acceptors (Lipinski definition) is 6. The van der Waals surface area contributed by atoms with Gasteiger partial charge in [0.05, 0.1) is 34.1 Å².